The fourth-order valence-electron chi connectivity index (χ4n) is 4.03. The summed E-state index contributed by atoms with van der Waals surface area (Å²) in [6, 6.07) is 2.18. The van der Waals surface area contributed by atoms with Gasteiger partial charge >= 0.3 is 6.18 Å². The highest BCUT2D eigenvalue weighted by Gasteiger charge is 2.57. The van der Waals surface area contributed by atoms with Gasteiger partial charge in [-0.15, -0.1) is 0 Å². The highest BCUT2D eigenvalue weighted by Crippen LogP contribution is 2.49. The van der Waals surface area contributed by atoms with Crippen LogP contribution in [0.1, 0.15) is 24.5 Å². The van der Waals surface area contributed by atoms with E-state index in [1.54, 1.807) is 0 Å². The Morgan fingerprint density at radius 2 is 1.81 bits per heavy atom. The molecule has 1 aromatic heterocycles. The third-order valence-electron chi connectivity index (χ3n) is 5.70. The van der Waals surface area contributed by atoms with Gasteiger partial charge in [-0.1, -0.05) is 0 Å². The standard InChI is InChI=1S/C20H21F5N6/c1-18(21,22)13-8-12-15(29-11-30-17(12)31-6-4-27-5-7-31)9-14(13)19(20(23,24)25)3-2-16(26)28-10-19/h2,8-11,27H,3-7,26H2,1H3. The van der Waals surface area contributed by atoms with Crippen LogP contribution in [0.25, 0.3) is 10.9 Å². The van der Waals surface area contributed by atoms with Gasteiger partial charge in [0.1, 0.15) is 23.4 Å². The summed E-state index contributed by atoms with van der Waals surface area (Å²) in [6.07, 6.45) is -2.55. The Labute approximate surface area is 175 Å². The summed E-state index contributed by atoms with van der Waals surface area (Å²) in [5, 5.41) is 3.47. The minimum Gasteiger partial charge on any atom is -0.384 e. The number of nitrogens with two attached hydrogens (primary N) is 1. The molecule has 0 bridgehead atoms. The normalized spacial score (nSPS) is 22.6. The van der Waals surface area contributed by atoms with E-state index in [2.05, 4.69) is 20.3 Å². The number of aromatic nitrogens is 2. The lowest BCUT2D eigenvalue weighted by atomic mass is 9.73. The van der Waals surface area contributed by atoms with E-state index >= 15 is 0 Å². The SMILES string of the molecule is CC(F)(F)c1cc2c(N3CCNCC3)ncnc2cc1C1(C(F)(F)F)C=NC(N)=CC1. The second-order valence-electron chi connectivity index (χ2n) is 7.80. The van der Waals surface area contributed by atoms with Gasteiger partial charge in [0.25, 0.3) is 5.92 Å². The van der Waals surface area contributed by atoms with Crippen molar-refractivity contribution in [1.82, 2.24) is 15.3 Å². The zero-order chi connectivity index (χ0) is 22.4. The van der Waals surface area contributed by atoms with Crippen LogP contribution in [0.5, 0.6) is 0 Å². The summed E-state index contributed by atoms with van der Waals surface area (Å²) in [5.41, 5.74) is 1.61. The summed E-state index contributed by atoms with van der Waals surface area (Å²) in [4.78, 5) is 13.9. The molecule has 0 saturated carbocycles. The van der Waals surface area contributed by atoms with Crippen LogP contribution in [0.3, 0.4) is 0 Å². The van der Waals surface area contributed by atoms with Crippen molar-refractivity contribution in [2.75, 3.05) is 31.1 Å². The Morgan fingerprint density at radius 3 is 2.39 bits per heavy atom. The van der Waals surface area contributed by atoms with Crippen LogP contribution in [0.15, 0.2) is 35.3 Å². The zero-order valence-corrected chi connectivity index (χ0v) is 16.7. The number of nitrogens with one attached hydrogen (secondary N) is 1. The van der Waals surface area contributed by atoms with Gasteiger partial charge in [-0.25, -0.2) is 23.7 Å². The molecule has 1 saturated heterocycles. The van der Waals surface area contributed by atoms with E-state index in [-0.39, 0.29) is 16.7 Å². The Morgan fingerprint density at radius 1 is 1.10 bits per heavy atom. The number of benzene rings is 1. The number of aliphatic imine (C=N–C) groups is 1. The fourth-order valence-corrected chi connectivity index (χ4v) is 4.03. The van der Waals surface area contributed by atoms with Gasteiger partial charge in [-0.2, -0.15) is 13.2 Å². The summed E-state index contributed by atoms with van der Waals surface area (Å²) in [6.45, 7) is 3.13. The number of nitrogens with zero attached hydrogens (tertiary/aromatic N) is 4. The quantitative estimate of drug-likeness (QED) is 0.717. The molecule has 1 aromatic carbocycles. The number of fused-ring (bicyclic) bond motifs is 1. The summed E-state index contributed by atoms with van der Waals surface area (Å²) < 4.78 is 72.3. The number of anilines is 1. The minimum atomic E-state index is -4.88. The summed E-state index contributed by atoms with van der Waals surface area (Å²) >= 11 is 0. The van der Waals surface area contributed by atoms with Gasteiger partial charge in [0, 0.05) is 50.3 Å². The lowest BCUT2D eigenvalue weighted by Gasteiger charge is -2.36. The van der Waals surface area contributed by atoms with E-state index in [0.29, 0.717) is 45.1 Å². The molecule has 11 heteroatoms. The molecule has 2 aromatic rings. The molecule has 0 amide bonds. The number of hydrogen-bond acceptors (Lipinski definition) is 6. The molecule has 6 nitrogen and oxygen atoms in total. The lowest BCUT2D eigenvalue weighted by molar-refractivity contribution is -0.168. The number of hydrogen-bond donors (Lipinski definition) is 2. The molecular weight excluding hydrogens is 419 g/mol. The zero-order valence-electron chi connectivity index (χ0n) is 16.7. The first-order valence-corrected chi connectivity index (χ1v) is 9.74. The monoisotopic (exact) mass is 440 g/mol. The number of rotatable bonds is 3. The number of alkyl halides is 5. The van der Waals surface area contributed by atoms with Crippen molar-refractivity contribution in [3.8, 4) is 0 Å². The molecule has 4 rings (SSSR count). The van der Waals surface area contributed by atoms with E-state index < -0.39 is 35.1 Å². The largest absolute Gasteiger partial charge is 0.403 e. The second kappa shape index (κ2) is 7.40. The first kappa shape index (κ1) is 21.4. The van der Waals surface area contributed by atoms with Crippen molar-refractivity contribution in [3.05, 3.63) is 41.5 Å². The molecule has 0 spiro atoms. The fraction of sp³-hybridized carbons (Fsp3) is 0.450. The number of halogens is 5. The van der Waals surface area contributed by atoms with Crippen LogP contribution < -0.4 is 16.0 Å². The van der Waals surface area contributed by atoms with Crippen LogP contribution in [-0.2, 0) is 11.3 Å². The molecule has 166 valence electrons. The van der Waals surface area contributed by atoms with Crippen molar-refractivity contribution in [2.24, 2.45) is 10.7 Å². The minimum absolute atomic E-state index is 0.0891. The number of allylic oxidation sites excluding steroid dienone is 1. The second-order valence-corrected chi connectivity index (χ2v) is 7.80. The van der Waals surface area contributed by atoms with E-state index in [9.17, 15) is 22.0 Å². The van der Waals surface area contributed by atoms with Crippen molar-refractivity contribution < 1.29 is 22.0 Å². The molecule has 1 unspecified atom stereocenters. The van der Waals surface area contributed by atoms with Crippen LogP contribution in [-0.4, -0.2) is 48.5 Å². The molecule has 2 aliphatic rings. The van der Waals surface area contributed by atoms with Crippen molar-refractivity contribution >= 4 is 22.9 Å². The first-order chi connectivity index (χ1) is 14.5. The first-order valence-electron chi connectivity index (χ1n) is 9.74. The van der Waals surface area contributed by atoms with E-state index in [1.165, 1.54) is 6.33 Å². The third-order valence-corrected chi connectivity index (χ3v) is 5.70. The third kappa shape index (κ3) is 3.71. The molecule has 1 atom stereocenters. The molecule has 2 aliphatic heterocycles. The van der Waals surface area contributed by atoms with Crippen molar-refractivity contribution in [2.45, 2.75) is 30.9 Å². The van der Waals surface area contributed by atoms with E-state index in [1.807, 2.05) is 4.90 Å². The van der Waals surface area contributed by atoms with Gasteiger partial charge in [-0.3, -0.25) is 0 Å². The van der Waals surface area contributed by atoms with E-state index in [0.717, 1.165) is 18.2 Å². The Hall–Kier alpha value is -2.82. The predicted molar refractivity (Wildman–Crippen MR) is 107 cm³/mol. The highest BCUT2D eigenvalue weighted by molar-refractivity contribution is 5.92. The topological polar surface area (TPSA) is 79.4 Å². The lowest BCUT2D eigenvalue weighted by Crippen LogP contribution is -2.46. The van der Waals surface area contributed by atoms with Gasteiger partial charge in [-0.05, 0) is 30.2 Å². The average Bonchev–Trinajstić information content (AvgIpc) is 2.72. The molecule has 1 fully saturated rings. The van der Waals surface area contributed by atoms with Gasteiger partial charge in [0.15, 0.2) is 0 Å². The van der Waals surface area contributed by atoms with Crippen molar-refractivity contribution in [1.29, 1.82) is 0 Å². The Balaban J connectivity index is 1.98. The van der Waals surface area contributed by atoms with Crippen LogP contribution in [0.4, 0.5) is 27.8 Å². The van der Waals surface area contributed by atoms with Gasteiger partial charge in [0.05, 0.1) is 5.52 Å². The predicted octanol–water partition coefficient (Wildman–Crippen LogP) is 3.23. The maximum Gasteiger partial charge on any atom is 0.403 e. The Kier molecular flexibility index (Phi) is 5.11. The smallest absolute Gasteiger partial charge is 0.384 e. The maximum absolute atomic E-state index is 14.7. The van der Waals surface area contributed by atoms with Crippen LogP contribution in [0, 0.1) is 0 Å². The summed E-state index contributed by atoms with van der Waals surface area (Å²) in [5.74, 6) is -3.21. The van der Waals surface area contributed by atoms with Crippen molar-refractivity contribution in [3.63, 3.8) is 0 Å². The van der Waals surface area contributed by atoms with Crippen LogP contribution >= 0.6 is 0 Å². The van der Waals surface area contributed by atoms with Gasteiger partial charge < -0.3 is 16.0 Å². The number of piperazine rings is 1. The molecule has 3 heterocycles. The molecule has 0 radical (unpaired) electrons. The molecule has 31 heavy (non-hydrogen) atoms. The van der Waals surface area contributed by atoms with Gasteiger partial charge in [0.2, 0.25) is 0 Å². The van der Waals surface area contributed by atoms with E-state index in [4.69, 9.17) is 5.73 Å². The molecule has 0 aliphatic carbocycles. The maximum atomic E-state index is 14.7. The van der Waals surface area contributed by atoms with Crippen LogP contribution in [0.2, 0.25) is 0 Å². The molecular formula is C20H21F5N6. The highest BCUT2D eigenvalue weighted by atomic mass is 19.4. The summed E-state index contributed by atoms with van der Waals surface area (Å²) in [7, 11) is 0. The average molecular weight is 440 g/mol. The Bertz CT molecular complexity index is 1050. The molecule has 3 N–H and O–H groups in total.